The lowest BCUT2D eigenvalue weighted by Crippen LogP contribution is -2.47. The average molecular weight is 416 g/mol. The molecule has 10 heteroatoms. The minimum atomic E-state index is -0.795. The van der Waals surface area contributed by atoms with Crippen molar-refractivity contribution in [1.29, 1.82) is 0 Å². The van der Waals surface area contributed by atoms with Gasteiger partial charge < -0.3 is 14.8 Å². The Balaban J connectivity index is 1.30. The van der Waals surface area contributed by atoms with Gasteiger partial charge in [0.05, 0.1) is 6.67 Å². The number of carbonyl (C=O) groups excluding carboxylic acids is 4. The van der Waals surface area contributed by atoms with Gasteiger partial charge in [-0.05, 0) is 38.8 Å². The first kappa shape index (κ1) is 20.1. The topological polar surface area (TPSA) is 108 Å². The van der Waals surface area contributed by atoms with Gasteiger partial charge in [-0.3, -0.25) is 24.2 Å². The highest BCUT2D eigenvalue weighted by Gasteiger charge is 2.46. The molecule has 0 aliphatic carbocycles. The Morgan fingerprint density at radius 3 is 2.47 bits per heavy atom. The number of urea groups is 1. The van der Waals surface area contributed by atoms with Crippen LogP contribution in [0.25, 0.3) is 0 Å². The molecule has 1 aromatic rings. The number of amides is 5. The number of ether oxygens (including phenoxy) is 2. The largest absolute Gasteiger partial charge is 0.454 e. The fourth-order valence-corrected chi connectivity index (χ4v) is 3.86. The molecule has 1 aromatic carbocycles. The average Bonchev–Trinajstić information content (AvgIpc) is 3.26. The van der Waals surface area contributed by atoms with Crippen LogP contribution >= 0.6 is 0 Å². The van der Waals surface area contributed by atoms with E-state index in [4.69, 9.17) is 9.47 Å². The maximum absolute atomic E-state index is 12.6. The van der Waals surface area contributed by atoms with Gasteiger partial charge in [0.1, 0.15) is 0 Å². The van der Waals surface area contributed by atoms with E-state index in [0.29, 0.717) is 43.1 Å². The number of nitrogens with one attached hydrogen (secondary N) is 1. The summed E-state index contributed by atoms with van der Waals surface area (Å²) in [6, 6.07) is 4.30. The smallest absolute Gasteiger partial charge is 0.335 e. The number of carbonyl (C=O) groups is 4. The maximum atomic E-state index is 12.6. The maximum Gasteiger partial charge on any atom is 0.335 e. The number of anilines is 1. The molecule has 0 unspecified atom stereocenters. The van der Waals surface area contributed by atoms with E-state index in [-0.39, 0.29) is 31.3 Å². The molecule has 0 aromatic heterocycles. The van der Waals surface area contributed by atoms with Crippen LogP contribution in [-0.2, 0) is 14.4 Å². The van der Waals surface area contributed by atoms with Crippen LogP contribution in [0.5, 0.6) is 11.5 Å². The highest BCUT2D eigenvalue weighted by molar-refractivity contribution is 6.44. The van der Waals surface area contributed by atoms with Gasteiger partial charge in [-0.15, -0.1) is 0 Å². The number of piperidine rings is 1. The number of benzene rings is 1. The first-order valence-electron chi connectivity index (χ1n) is 9.97. The van der Waals surface area contributed by atoms with E-state index in [1.54, 1.807) is 32.0 Å². The fraction of sp³-hybridized carbons (Fsp3) is 0.500. The van der Waals surface area contributed by atoms with E-state index in [1.165, 1.54) is 0 Å². The molecule has 5 amide bonds. The molecule has 2 saturated heterocycles. The summed E-state index contributed by atoms with van der Waals surface area (Å²) < 4.78 is 10.6. The minimum Gasteiger partial charge on any atom is -0.454 e. The highest BCUT2D eigenvalue weighted by atomic mass is 16.7. The van der Waals surface area contributed by atoms with E-state index >= 15 is 0 Å². The van der Waals surface area contributed by atoms with E-state index in [9.17, 15) is 19.2 Å². The normalized spacial score (nSPS) is 19.9. The van der Waals surface area contributed by atoms with Crippen molar-refractivity contribution in [2.24, 2.45) is 5.92 Å². The molecule has 3 aliphatic heterocycles. The van der Waals surface area contributed by atoms with Gasteiger partial charge in [0.25, 0.3) is 0 Å². The fourth-order valence-electron chi connectivity index (χ4n) is 3.86. The Kier molecular flexibility index (Phi) is 5.33. The quantitative estimate of drug-likeness (QED) is 0.568. The monoisotopic (exact) mass is 416 g/mol. The summed E-state index contributed by atoms with van der Waals surface area (Å²) in [5.41, 5.74) is 0.646. The van der Waals surface area contributed by atoms with Gasteiger partial charge in [-0.25, -0.2) is 9.69 Å². The molecule has 3 aliphatic rings. The standard InChI is InChI=1S/C20H24N4O6/c1-12(2)24-19(27)18(26)23(20(24)28)10-22-7-5-13(6-8-22)17(25)21-14-3-4-15-16(9-14)30-11-29-15/h3-4,9,12-13H,5-8,10-11H2,1-2H3,(H,21,25). The summed E-state index contributed by atoms with van der Waals surface area (Å²) in [4.78, 5) is 53.1. The molecule has 2 fully saturated rings. The molecule has 1 N–H and O–H groups in total. The van der Waals surface area contributed by atoms with Crippen molar-refractivity contribution < 1.29 is 28.7 Å². The lowest BCUT2D eigenvalue weighted by Gasteiger charge is -2.33. The number of hydrogen-bond donors (Lipinski definition) is 1. The third-order valence-corrected chi connectivity index (χ3v) is 5.54. The number of nitrogens with zero attached hydrogens (tertiary/aromatic N) is 3. The predicted molar refractivity (Wildman–Crippen MR) is 105 cm³/mol. The second kappa shape index (κ2) is 7.94. The van der Waals surface area contributed by atoms with Gasteiger partial charge in [0.2, 0.25) is 12.7 Å². The molecule has 0 radical (unpaired) electrons. The minimum absolute atomic E-state index is 0.0587. The Hall–Kier alpha value is -3.14. The van der Waals surface area contributed by atoms with Gasteiger partial charge in [-0.2, -0.15) is 0 Å². The second-order valence-electron chi connectivity index (χ2n) is 7.88. The Morgan fingerprint density at radius 2 is 1.80 bits per heavy atom. The first-order valence-corrected chi connectivity index (χ1v) is 9.97. The van der Waals surface area contributed by atoms with Crippen molar-refractivity contribution in [3.05, 3.63) is 18.2 Å². The van der Waals surface area contributed by atoms with Crippen molar-refractivity contribution in [2.45, 2.75) is 32.7 Å². The molecular formula is C20H24N4O6. The first-order chi connectivity index (χ1) is 14.3. The molecule has 0 atom stereocenters. The Labute approximate surface area is 173 Å². The van der Waals surface area contributed by atoms with Crippen LogP contribution in [0.2, 0.25) is 0 Å². The van der Waals surface area contributed by atoms with Gasteiger partial charge in [0.15, 0.2) is 11.5 Å². The number of fused-ring (bicyclic) bond motifs is 1. The Morgan fingerprint density at radius 1 is 1.10 bits per heavy atom. The van der Waals surface area contributed by atoms with Gasteiger partial charge in [-0.1, -0.05) is 0 Å². The second-order valence-corrected chi connectivity index (χ2v) is 7.88. The third-order valence-electron chi connectivity index (χ3n) is 5.54. The van der Waals surface area contributed by atoms with Crippen molar-refractivity contribution in [1.82, 2.24) is 14.7 Å². The zero-order valence-corrected chi connectivity index (χ0v) is 16.9. The third kappa shape index (κ3) is 3.70. The molecule has 0 spiro atoms. The number of hydrogen-bond acceptors (Lipinski definition) is 7. The summed E-state index contributed by atoms with van der Waals surface area (Å²) in [6.45, 7) is 4.71. The van der Waals surface area contributed by atoms with Crippen molar-refractivity contribution in [3.8, 4) is 11.5 Å². The molecule has 0 bridgehead atoms. The summed E-state index contributed by atoms with van der Waals surface area (Å²) in [5.74, 6) is -0.577. The summed E-state index contributed by atoms with van der Waals surface area (Å²) in [6.07, 6.45) is 1.18. The van der Waals surface area contributed by atoms with Crippen LogP contribution in [0.3, 0.4) is 0 Å². The number of likely N-dealkylation sites (tertiary alicyclic amines) is 1. The van der Waals surface area contributed by atoms with Gasteiger partial charge >= 0.3 is 17.8 Å². The lowest BCUT2D eigenvalue weighted by molar-refractivity contribution is -0.144. The summed E-state index contributed by atoms with van der Waals surface area (Å²) in [5, 5.41) is 2.90. The molecule has 160 valence electrons. The Bertz CT molecular complexity index is 893. The number of rotatable bonds is 5. The summed E-state index contributed by atoms with van der Waals surface area (Å²) >= 11 is 0. The SMILES string of the molecule is CC(C)N1C(=O)C(=O)N(CN2CCC(C(=O)Nc3ccc4c(c3)OCO4)CC2)C1=O. The van der Waals surface area contributed by atoms with E-state index < -0.39 is 17.8 Å². The zero-order valence-electron chi connectivity index (χ0n) is 16.9. The number of imide groups is 2. The van der Waals surface area contributed by atoms with Crippen molar-refractivity contribution in [2.75, 3.05) is 31.9 Å². The molecule has 30 heavy (non-hydrogen) atoms. The molecule has 0 saturated carbocycles. The van der Waals surface area contributed by atoms with Crippen LogP contribution in [0.4, 0.5) is 10.5 Å². The van der Waals surface area contributed by atoms with E-state index in [0.717, 1.165) is 9.80 Å². The highest BCUT2D eigenvalue weighted by Crippen LogP contribution is 2.34. The van der Waals surface area contributed by atoms with Gasteiger partial charge in [0, 0.05) is 36.8 Å². The molecule has 4 rings (SSSR count). The molecule has 10 nitrogen and oxygen atoms in total. The van der Waals surface area contributed by atoms with Crippen LogP contribution in [-0.4, -0.2) is 71.0 Å². The summed E-state index contributed by atoms with van der Waals surface area (Å²) in [7, 11) is 0. The lowest BCUT2D eigenvalue weighted by atomic mass is 9.96. The van der Waals surface area contributed by atoms with Crippen LogP contribution in [0.1, 0.15) is 26.7 Å². The predicted octanol–water partition coefficient (Wildman–Crippen LogP) is 1.22. The molecular weight excluding hydrogens is 392 g/mol. The van der Waals surface area contributed by atoms with E-state index in [1.807, 2.05) is 4.90 Å². The zero-order chi connectivity index (χ0) is 21.4. The van der Waals surface area contributed by atoms with Crippen LogP contribution in [0.15, 0.2) is 18.2 Å². The van der Waals surface area contributed by atoms with Crippen LogP contribution < -0.4 is 14.8 Å². The van der Waals surface area contributed by atoms with E-state index in [2.05, 4.69) is 5.32 Å². The molecule has 3 heterocycles. The van der Waals surface area contributed by atoms with Crippen molar-refractivity contribution in [3.63, 3.8) is 0 Å². The van der Waals surface area contributed by atoms with Crippen LogP contribution in [0, 0.1) is 5.92 Å². The van der Waals surface area contributed by atoms with Crippen molar-refractivity contribution >= 4 is 29.4 Å².